The molecule has 0 aliphatic rings. The maximum Gasteiger partial charge on any atom is 0.362 e. The molecule has 0 spiro atoms. The van der Waals surface area contributed by atoms with Crippen molar-refractivity contribution in [2.75, 3.05) is 0 Å². The number of hydrogen-bond acceptors (Lipinski definition) is 5. The van der Waals surface area contributed by atoms with Crippen molar-refractivity contribution in [3.63, 3.8) is 0 Å². The minimum absolute atomic E-state index is 0.0146. The Morgan fingerprint density at radius 2 is 1.97 bits per heavy atom. The van der Waals surface area contributed by atoms with Gasteiger partial charge in [0.05, 0.1) is 4.92 Å². The molecular formula is C22H15N3O4. The normalized spacial score (nSPS) is 11.5. The molecule has 7 nitrogen and oxygen atoms in total. The molecule has 0 radical (unpaired) electrons. The van der Waals surface area contributed by atoms with Crippen LogP contribution < -0.4 is 5.63 Å². The smallest absolute Gasteiger partial charge is 0.362 e. The monoisotopic (exact) mass is 385 g/mol. The second-order valence-electron chi connectivity index (χ2n) is 7.00. The van der Waals surface area contributed by atoms with Gasteiger partial charge in [0, 0.05) is 46.5 Å². The number of pyridine rings is 1. The van der Waals surface area contributed by atoms with Crippen molar-refractivity contribution in [3.8, 4) is 0 Å². The molecule has 29 heavy (non-hydrogen) atoms. The van der Waals surface area contributed by atoms with Gasteiger partial charge in [-0.3, -0.25) is 10.1 Å². The number of nitro groups is 1. The second kappa shape index (κ2) is 6.27. The van der Waals surface area contributed by atoms with E-state index in [4.69, 9.17) is 4.42 Å². The maximum atomic E-state index is 12.9. The molecule has 5 rings (SSSR count). The number of nitro benzene ring substituents is 1. The lowest BCUT2D eigenvalue weighted by Crippen LogP contribution is -2.08. The highest BCUT2D eigenvalue weighted by molar-refractivity contribution is 6.18. The fourth-order valence-electron chi connectivity index (χ4n) is 3.87. The standard InChI is InChI=1S/C22H15N3O4/c1-13-7-8-18-17(10-13)19-16-6-3-9-23-21(16)29-22(26)20(19)24(18)12-14-4-2-5-15(11-14)25(27)28/h2-11H,12H2,1H3. The molecular weight excluding hydrogens is 370 g/mol. The molecule has 0 aliphatic heterocycles. The lowest BCUT2D eigenvalue weighted by Gasteiger charge is -2.07. The van der Waals surface area contributed by atoms with Gasteiger partial charge in [0.2, 0.25) is 5.71 Å². The van der Waals surface area contributed by atoms with Crippen LogP contribution in [0.3, 0.4) is 0 Å². The molecule has 5 aromatic rings. The van der Waals surface area contributed by atoms with Crippen molar-refractivity contribution in [3.05, 3.63) is 92.5 Å². The van der Waals surface area contributed by atoms with Gasteiger partial charge in [-0.1, -0.05) is 23.8 Å². The maximum absolute atomic E-state index is 12.9. The number of non-ortho nitro benzene ring substituents is 1. The summed E-state index contributed by atoms with van der Waals surface area (Å²) >= 11 is 0. The Morgan fingerprint density at radius 1 is 1.10 bits per heavy atom. The molecule has 3 aromatic heterocycles. The van der Waals surface area contributed by atoms with Crippen LogP contribution in [0.25, 0.3) is 32.9 Å². The van der Waals surface area contributed by atoms with Crippen LogP contribution in [0.15, 0.2) is 70.0 Å². The third-order valence-corrected chi connectivity index (χ3v) is 5.10. The lowest BCUT2D eigenvalue weighted by molar-refractivity contribution is -0.384. The van der Waals surface area contributed by atoms with Gasteiger partial charge >= 0.3 is 5.63 Å². The minimum Gasteiger partial charge on any atom is -0.402 e. The highest BCUT2D eigenvalue weighted by atomic mass is 16.6. The molecule has 0 fully saturated rings. The van der Waals surface area contributed by atoms with Crippen molar-refractivity contribution in [1.82, 2.24) is 9.55 Å². The van der Waals surface area contributed by atoms with Crippen LogP contribution >= 0.6 is 0 Å². The number of aromatic nitrogens is 2. The van der Waals surface area contributed by atoms with Crippen molar-refractivity contribution >= 4 is 38.6 Å². The number of benzene rings is 2. The van der Waals surface area contributed by atoms with Crippen LogP contribution in [0, 0.1) is 17.0 Å². The minimum atomic E-state index is -0.481. The van der Waals surface area contributed by atoms with Gasteiger partial charge in [0.15, 0.2) is 0 Å². The Bertz CT molecular complexity index is 1500. The number of nitrogens with zero attached hydrogens (tertiary/aromatic N) is 3. The first-order chi connectivity index (χ1) is 14.0. The summed E-state index contributed by atoms with van der Waals surface area (Å²) in [5.74, 6) is 0. The molecule has 7 heteroatoms. The molecule has 0 aliphatic carbocycles. The van der Waals surface area contributed by atoms with E-state index in [-0.39, 0.29) is 5.69 Å². The van der Waals surface area contributed by atoms with Crippen LogP contribution in [0.2, 0.25) is 0 Å². The summed E-state index contributed by atoms with van der Waals surface area (Å²) in [7, 11) is 0. The van der Waals surface area contributed by atoms with E-state index in [9.17, 15) is 14.9 Å². The predicted octanol–water partition coefficient (Wildman–Crippen LogP) is 4.56. The number of hydrogen-bond donors (Lipinski definition) is 0. The van der Waals surface area contributed by atoms with E-state index in [2.05, 4.69) is 4.98 Å². The molecule has 0 saturated heterocycles. The summed E-state index contributed by atoms with van der Waals surface area (Å²) in [5.41, 5.74) is 2.91. The van der Waals surface area contributed by atoms with Crippen LogP contribution in [-0.2, 0) is 6.54 Å². The number of fused-ring (bicyclic) bond motifs is 5. The van der Waals surface area contributed by atoms with E-state index in [0.717, 1.165) is 32.8 Å². The van der Waals surface area contributed by atoms with E-state index in [1.54, 1.807) is 18.3 Å². The number of rotatable bonds is 3. The molecule has 3 heterocycles. The first-order valence-corrected chi connectivity index (χ1v) is 9.06. The Labute approximate surface area is 164 Å². The summed E-state index contributed by atoms with van der Waals surface area (Å²) in [6, 6.07) is 16.1. The molecule has 2 aromatic carbocycles. The van der Waals surface area contributed by atoms with Gasteiger partial charge in [0.1, 0.15) is 5.52 Å². The molecule has 0 saturated carbocycles. The van der Waals surface area contributed by atoms with Gasteiger partial charge in [0.25, 0.3) is 5.69 Å². The largest absolute Gasteiger partial charge is 0.402 e. The van der Waals surface area contributed by atoms with Crippen LogP contribution in [0.1, 0.15) is 11.1 Å². The molecule has 0 atom stereocenters. The zero-order valence-electron chi connectivity index (χ0n) is 15.5. The van der Waals surface area contributed by atoms with Crippen LogP contribution in [-0.4, -0.2) is 14.5 Å². The van der Waals surface area contributed by atoms with Crippen molar-refractivity contribution in [2.45, 2.75) is 13.5 Å². The first-order valence-electron chi connectivity index (χ1n) is 9.06. The molecule has 0 N–H and O–H groups in total. The van der Waals surface area contributed by atoms with Gasteiger partial charge in [-0.25, -0.2) is 9.78 Å². The molecule has 0 bridgehead atoms. The van der Waals surface area contributed by atoms with Gasteiger partial charge in [-0.05, 0) is 36.8 Å². The van der Waals surface area contributed by atoms with Gasteiger partial charge in [-0.2, -0.15) is 0 Å². The van der Waals surface area contributed by atoms with E-state index in [0.29, 0.717) is 17.8 Å². The van der Waals surface area contributed by atoms with Crippen molar-refractivity contribution < 1.29 is 9.34 Å². The Kier molecular flexibility index (Phi) is 3.70. The topological polar surface area (TPSA) is 91.2 Å². The highest BCUT2D eigenvalue weighted by Gasteiger charge is 2.19. The molecule has 0 amide bonds. The molecule has 0 unspecified atom stereocenters. The van der Waals surface area contributed by atoms with Crippen molar-refractivity contribution in [1.29, 1.82) is 0 Å². The summed E-state index contributed by atoms with van der Waals surface area (Å²) in [4.78, 5) is 27.8. The summed E-state index contributed by atoms with van der Waals surface area (Å²) in [6.45, 7) is 2.30. The third-order valence-electron chi connectivity index (χ3n) is 5.10. The van der Waals surface area contributed by atoms with Crippen molar-refractivity contribution in [2.24, 2.45) is 0 Å². The Hall–Kier alpha value is -4.00. The van der Waals surface area contributed by atoms with E-state index < -0.39 is 10.5 Å². The van der Waals surface area contributed by atoms with E-state index >= 15 is 0 Å². The zero-order valence-corrected chi connectivity index (χ0v) is 15.5. The second-order valence-corrected chi connectivity index (χ2v) is 7.00. The molecule has 142 valence electrons. The summed E-state index contributed by atoms with van der Waals surface area (Å²) in [5, 5.41) is 13.6. The van der Waals surface area contributed by atoms with Crippen LogP contribution in [0.5, 0.6) is 0 Å². The average molecular weight is 385 g/mol. The SMILES string of the molecule is Cc1ccc2c(c1)c1c3cccnc3oc(=O)c1n2Cc1cccc([N+](=O)[O-])c1. The third kappa shape index (κ3) is 2.67. The van der Waals surface area contributed by atoms with E-state index in [1.807, 2.05) is 41.8 Å². The fourth-order valence-corrected chi connectivity index (χ4v) is 3.87. The summed E-state index contributed by atoms with van der Waals surface area (Å²) < 4.78 is 7.34. The lowest BCUT2D eigenvalue weighted by atomic mass is 10.1. The van der Waals surface area contributed by atoms with E-state index in [1.165, 1.54) is 12.1 Å². The Morgan fingerprint density at radius 3 is 2.79 bits per heavy atom. The summed E-state index contributed by atoms with van der Waals surface area (Å²) in [6.07, 6.45) is 1.59. The fraction of sp³-hybridized carbons (Fsp3) is 0.0909. The highest BCUT2D eigenvalue weighted by Crippen LogP contribution is 2.33. The van der Waals surface area contributed by atoms with Gasteiger partial charge < -0.3 is 8.98 Å². The predicted molar refractivity (Wildman–Crippen MR) is 110 cm³/mol. The Balaban J connectivity index is 1.87. The van der Waals surface area contributed by atoms with Crippen LogP contribution in [0.4, 0.5) is 5.69 Å². The zero-order chi connectivity index (χ0) is 20.1. The van der Waals surface area contributed by atoms with Gasteiger partial charge in [-0.15, -0.1) is 0 Å². The number of aryl methyl sites for hydroxylation is 1. The first kappa shape index (κ1) is 17.1. The average Bonchev–Trinajstić information content (AvgIpc) is 3.02. The quantitative estimate of drug-likeness (QED) is 0.335.